The van der Waals surface area contributed by atoms with Crippen LogP contribution in [0.15, 0.2) is 18.2 Å². The molecule has 3 heteroatoms. The molecule has 1 aliphatic carbocycles. The topological polar surface area (TPSA) is 21.3 Å². The highest BCUT2D eigenvalue weighted by molar-refractivity contribution is 5.31. The Balaban J connectivity index is 2.21. The summed E-state index contributed by atoms with van der Waals surface area (Å²) in [6.45, 7) is 3.01. The van der Waals surface area contributed by atoms with E-state index in [1.54, 1.807) is 12.1 Å². The summed E-state index contributed by atoms with van der Waals surface area (Å²) in [6, 6.07) is 5.60. The van der Waals surface area contributed by atoms with E-state index in [9.17, 15) is 4.39 Å². The van der Waals surface area contributed by atoms with Gasteiger partial charge in [0, 0.05) is 6.04 Å². The minimum absolute atomic E-state index is 0.268. The molecule has 100 valence electrons. The quantitative estimate of drug-likeness (QED) is 0.862. The van der Waals surface area contributed by atoms with Gasteiger partial charge in [0.1, 0.15) is 0 Å². The van der Waals surface area contributed by atoms with Crippen LogP contribution in [-0.4, -0.2) is 13.7 Å². The molecule has 0 radical (unpaired) electrons. The van der Waals surface area contributed by atoms with Gasteiger partial charge in [-0.05, 0) is 43.0 Å². The van der Waals surface area contributed by atoms with E-state index in [0.717, 1.165) is 12.1 Å². The molecule has 1 aromatic carbocycles. The first-order valence-electron chi connectivity index (χ1n) is 6.83. The van der Waals surface area contributed by atoms with Crippen molar-refractivity contribution in [3.8, 4) is 5.75 Å². The van der Waals surface area contributed by atoms with E-state index in [1.807, 2.05) is 6.07 Å². The van der Waals surface area contributed by atoms with Gasteiger partial charge in [-0.1, -0.05) is 25.8 Å². The van der Waals surface area contributed by atoms with Crippen LogP contribution in [0, 0.1) is 11.7 Å². The van der Waals surface area contributed by atoms with Crippen LogP contribution in [0.2, 0.25) is 0 Å². The van der Waals surface area contributed by atoms with Crippen LogP contribution in [0.4, 0.5) is 4.39 Å². The maximum Gasteiger partial charge on any atom is 0.165 e. The molecular formula is C15H22FNO. The van der Waals surface area contributed by atoms with Gasteiger partial charge in [0.25, 0.3) is 0 Å². The maximum atomic E-state index is 13.8. The predicted octanol–water partition coefficient (Wildman–Crippen LogP) is 3.68. The first-order valence-corrected chi connectivity index (χ1v) is 6.83. The summed E-state index contributed by atoms with van der Waals surface area (Å²) in [5.41, 5.74) is 1.04. The maximum absolute atomic E-state index is 13.8. The summed E-state index contributed by atoms with van der Waals surface area (Å²) >= 11 is 0. The predicted molar refractivity (Wildman–Crippen MR) is 71.3 cm³/mol. The van der Waals surface area contributed by atoms with Gasteiger partial charge in [-0.25, -0.2) is 4.39 Å². The van der Waals surface area contributed by atoms with E-state index in [0.29, 0.717) is 11.7 Å². The van der Waals surface area contributed by atoms with Crippen LogP contribution in [0.1, 0.15) is 44.2 Å². The lowest BCUT2D eigenvalue weighted by Gasteiger charge is -2.25. The lowest BCUT2D eigenvalue weighted by molar-refractivity contribution is 0.366. The Labute approximate surface area is 109 Å². The highest BCUT2D eigenvalue weighted by Crippen LogP contribution is 2.36. The second-order valence-corrected chi connectivity index (χ2v) is 4.97. The number of hydrogen-bond donors (Lipinski definition) is 1. The summed E-state index contributed by atoms with van der Waals surface area (Å²) in [6.07, 6.45) is 5.08. The largest absolute Gasteiger partial charge is 0.494 e. The van der Waals surface area contributed by atoms with Crippen molar-refractivity contribution in [3.63, 3.8) is 0 Å². The summed E-state index contributed by atoms with van der Waals surface area (Å²) in [5.74, 6) is 0.689. The van der Waals surface area contributed by atoms with Crippen molar-refractivity contribution < 1.29 is 9.13 Å². The molecule has 1 aliphatic rings. The molecule has 1 N–H and O–H groups in total. The number of benzene rings is 1. The van der Waals surface area contributed by atoms with Crippen molar-refractivity contribution in [2.75, 3.05) is 13.7 Å². The van der Waals surface area contributed by atoms with Crippen LogP contribution in [0.25, 0.3) is 0 Å². The number of halogens is 1. The zero-order valence-electron chi connectivity index (χ0n) is 11.2. The second kappa shape index (κ2) is 6.19. The standard InChI is InChI=1S/C15H22FNO/c1-3-17-15(11-6-4-5-7-11)12-8-9-14(18-2)13(16)10-12/h8-11,15,17H,3-7H2,1-2H3. The molecule has 0 heterocycles. The number of nitrogens with one attached hydrogen (secondary N) is 1. The number of methoxy groups -OCH3 is 1. The Bertz CT molecular complexity index is 388. The van der Waals surface area contributed by atoms with Crippen LogP contribution in [0.3, 0.4) is 0 Å². The molecule has 2 rings (SSSR count). The zero-order valence-corrected chi connectivity index (χ0v) is 11.2. The summed E-state index contributed by atoms with van der Waals surface area (Å²) < 4.78 is 18.8. The summed E-state index contributed by atoms with van der Waals surface area (Å²) in [7, 11) is 1.50. The van der Waals surface area contributed by atoms with Crippen molar-refractivity contribution in [3.05, 3.63) is 29.6 Å². The average Bonchev–Trinajstić information content (AvgIpc) is 2.89. The van der Waals surface area contributed by atoms with Crippen LogP contribution in [0.5, 0.6) is 5.75 Å². The van der Waals surface area contributed by atoms with E-state index in [1.165, 1.54) is 32.8 Å². The van der Waals surface area contributed by atoms with Crippen molar-refractivity contribution in [1.82, 2.24) is 5.32 Å². The molecule has 1 unspecified atom stereocenters. The van der Waals surface area contributed by atoms with E-state index >= 15 is 0 Å². The number of hydrogen-bond acceptors (Lipinski definition) is 2. The molecule has 1 atom stereocenters. The van der Waals surface area contributed by atoms with Gasteiger partial charge in [-0.3, -0.25) is 0 Å². The fourth-order valence-corrected chi connectivity index (χ4v) is 2.94. The van der Waals surface area contributed by atoms with E-state index in [4.69, 9.17) is 4.74 Å². The van der Waals surface area contributed by atoms with Gasteiger partial charge in [0.15, 0.2) is 11.6 Å². The van der Waals surface area contributed by atoms with Crippen molar-refractivity contribution in [1.29, 1.82) is 0 Å². The third-order valence-electron chi connectivity index (χ3n) is 3.83. The second-order valence-electron chi connectivity index (χ2n) is 4.97. The Morgan fingerprint density at radius 3 is 2.67 bits per heavy atom. The van der Waals surface area contributed by atoms with E-state index in [2.05, 4.69) is 12.2 Å². The van der Waals surface area contributed by atoms with Gasteiger partial charge >= 0.3 is 0 Å². The fourth-order valence-electron chi connectivity index (χ4n) is 2.94. The monoisotopic (exact) mass is 251 g/mol. The first kappa shape index (κ1) is 13.3. The molecule has 0 spiro atoms. The van der Waals surface area contributed by atoms with Gasteiger partial charge in [0.2, 0.25) is 0 Å². The van der Waals surface area contributed by atoms with Gasteiger partial charge in [-0.15, -0.1) is 0 Å². The number of rotatable bonds is 5. The Hall–Kier alpha value is -1.09. The van der Waals surface area contributed by atoms with Crippen molar-refractivity contribution >= 4 is 0 Å². The summed E-state index contributed by atoms with van der Waals surface area (Å²) in [4.78, 5) is 0. The molecule has 0 aliphatic heterocycles. The Morgan fingerprint density at radius 2 is 2.11 bits per heavy atom. The van der Waals surface area contributed by atoms with Gasteiger partial charge in [-0.2, -0.15) is 0 Å². The van der Waals surface area contributed by atoms with Crippen molar-refractivity contribution in [2.45, 2.75) is 38.6 Å². The molecule has 0 amide bonds. The van der Waals surface area contributed by atoms with E-state index in [-0.39, 0.29) is 11.9 Å². The molecular weight excluding hydrogens is 229 g/mol. The third-order valence-corrected chi connectivity index (χ3v) is 3.83. The van der Waals surface area contributed by atoms with Gasteiger partial charge < -0.3 is 10.1 Å². The molecule has 18 heavy (non-hydrogen) atoms. The smallest absolute Gasteiger partial charge is 0.165 e. The zero-order chi connectivity index (χ0) is 13.0. The van der Waals surface area contributed by atoms with Crippen molar-refractivity contribution in [2.24, 2.45) is 5.92 Å². The average molecular weight is 251 g/mol. The number of ether oxygens (including phenoxy) is 1. The molecule has 0 bridgehead atoms. The van der Waals surface area contributed by atoms with Gasteiger partial charge in [0.05, 0.1) is 7.11 Å². The highest BCUT2D eigenvalue weighted by atomic mass is 19.1. The third kappa shape index (κ3) is 2.83. The Morgan fingerprint density at radius 1 is 1.39 bits per heavy atom. The molecule has 1 aromatic rings. The first-order chi connectivity index (χ1) is 8.76. The Kier molecular flexibility index (Phi) is 4.59. The summed E-state index contributed by atoms with van der Waals surface area (Å²) in [5, 5.41) is 3.50. The lowest BCUT2D eigenvalue weighted by atomic mass is 9.91. The molecule has 0 saturated heterocycles. The normalized spacial score (nSPS) is 17.9. The fraction of sp³-hybridized carbons (Fsp3) is 0.600. The highest BCUT2D eigenvalue weighted by Gasteiger charge is 2.26. The van der Waals surface area contributed by atoms with Crippen LogP contribution < -0.4 is 10.1 Å². The lowest BCUT2D eigenvalue weighted by Crippen LogP contribution is -2.27. The minimum Gasteiger partial charge on any atom is -0.494 e. The SMILES string of the molecule is CCNC(c1ccc(OC)c(F)c1)C1CCCC1. The molecule has 0 aromatic heterocycles. The van der Waals surface area contributed by atoms with Crippen LogP contribution >= 0.6 is 0 Å². The van der Waals surface area contributed by atoms with Crippen LogP contribution in [-0.2, 0) is 0 Å². The van der Waals surface area contributed by atoms with E-state index < -0.39 is 0 Å². The minimum atomic E-state index is -0.268. The molecule has 1 saturated carbocycles. The molecule has 1 fully saturated rings. The molecule has 2 nitrogen and oxygen atoms in total.